The zero-order valence-corrected chi connectivity index (χ0v) is 17.6. The number of urea groups is 1. The number of hydrogen-bond donors (Lipinski definition) is 2. The van der Waals surface area contributed by atoms with Crippen LogP contribution in [0.2, 0.25) is 0 Å². The van der Waals surface area contributed by atoms with Crippen LogP contribution in [0, 0.1) is 5.92 Å². The maximum atomic E-state index is 13.1. The number of esters is 1. The third-order valence-electron chi connectivity index (χ3n) is 5.42. The first-order valence-electron chi connectivity index (χ1n) is 9.73. The second-order valence-corrected chi connectivity index (χ2v) is 8.86. The van der Waals surface area contributed by atoms with E-state index in [0.717, 1.165) is 41.9 Å². The molecule has 3 rings (SSSR count). The molecule has 1 atom stereocenters. The second-order valence-electron chi connectivity index (χ2n) is 8.00. The molecule has 1 aliphatic heterocycles. The van der Waals surface area contributed by atoms with E-state index in [-0.39, 0.29) is 16.7 Å². The Hall–Kier alpha value is -2.49. The lowest BCUT2D eigenvalue weighted by molar-refractivity contribution is -0.136. The predicted molar refractivity (Wildman–Crippen MR) is 107 cm³/mol. The number of methoxy groups -OCH3 is 1. The van der Waals surface area contributed by atoms with Crippen LogP contribution < -0.4 is 10.6 Å². The van der Waals surface area contributed by atoms with Gasteiger partial charge in [0.05, 0.1) is 7.11 Å². The molecule has 2 aliphatic rings. The molecule has 158 valence electrons. The minimum absolute atomic E-state index is 0.0905. The molecule has 1 saturated heterocycles. The summed E-state index contributed by atoms with van der Waals surface area (Å²) >= 11 is 1.08. The maximum Gasteiger partial charge on any atom is 0.357 e. The highest BCUT2D eigenvalue weighted by atomic mass is 32.1. The third-order valence-corrected chi connectivity index (χ3v) is 6.17. The van der Waals surface area contributed by atoms with Gasteiger partial charge in [0.15, 0.2) is 10.8 Å². The van der Waals surface area contributed by atoms with Crippen LogP contribution in [0.1, 0.15) is 62.9 Å². The van der Waals surface area contributed by atoms with Gasteiger partial charge in [0, 0.05) is 5.38 Å². The van der Waals surface area contributed by atoms with E-state index in [2.05, 4.69) is 20.4 Å². The maximum absolute atomic E-state index is 13.1. The third kappa shape index (κ3) is 4.58. The monoisotopic (exact) mass is 422 g/mol. The van der Waals surface area contributed by atoms with Crippen LogP contribution in [0.15, 0.2) is 5.38 Å². The fourth-order valence-corrected chi connectivity index (χ4v) is 4.53. The normalized spacial score (nSPS) is 20.3. The van der Waals surface area contributed by atoms with Crippen LogP contribution in [0.3, 0.4) is 0 Å². The molecule has 10 heteroatoms. The van der Waals surface area contributed by atoms with E-state index in [4.69, 9.17) is 0 Å². The van der Waals surface area contributed by atoms with Crippen LogP contribution in [0.5, 0.6) is 0 Å². The van der Waals surface area contributed by atoms with Crippen molar-refractivity contribution in [1.29, 1.82) is 0 Å². The molecule has 4 amide bonds. The number of imide groups is 1. The Bertz CT molecular complexity index is 815. The summed E-state index contributed by atoms with van der Waals surface area (Å²) < 4.78 is 4.62. The number of carbonyl (C=O) groups excluding carboxylic acids is 4. The van der Waals surface area contributed by atoms with Gasteiger partial charge in [-0.05, 0) is 26.2 Å². The van der Waals surface area contributed by atoms with Crippen LogP contribution in [-0.2, 0) is 14.3 Å². The van der Waals surface area contributed by atoms with E-state index in [1.54, 1.807) is 13.8 Å². The number of ether oxygens (including phenoxy) is 1. The van der Waals surface area contributed by atoms with Crippen LogP contribution in [-0.4, -0.2) is 52.4 Å². The van der Waals surface area contributed by atoms with Gasteiger partial charge in [-0.15, -0.1) is 11.3 Å². The highest BCUT2D eigenvalue weighted by Gasteiger charge is 2.49. The second kappa shape index (κ2) is 8.48. The molecule has 0 radical (unpaired) electrons. The van der Waals surface area contributed by atoms with Gasteiger partial charge in [0.1, 0.15) is 11.6 Å². The standard InChI is InChI=1S/C19H26N4O5S/c1-19(2)16(26)23(18(27)22-19)13(9-11-7-5-4-6-8-11)14(24)21-17-20-12(10-29-17)15(25)28-3/h10-11,13H,4-9H2,1-3H3,(H,22,27)(H,20,21,24). The molecule has 1 aromatic heterocycles. The first kappa shape index (κ1) is 21.2. The molecule has 0 aromatic carbocycles. The van der Waals surface area contributed by atoms with E-state index < -0.39 is 35.4 Å². The van der Waals surface area contributed by atoms with E-state index in [9.17, 15) is 19.2 Å². The minimum atomic E-state index is -1.05. The Labute approximate surface area is 173 Å². The van der Waals surface area contributed by atoms with Gasteiger partial charge in [-0.1, -0.05) is 32.1 Å². The smallest absolute Gasteiger partial charge is 0.357 e. The SMILES string of the molecule is COC(=O)c1csc(NC(=O)C(CC2CCCCC2)N2C(=O)NC(C)(C)C2=O)n1. The van der Waals surface area contributed by atoms with Crippen molar-refractivity contribution in [3.05, 3.63) is 11.1 Å². The molecule has 1 unspecified atom stereocenters. The van der Waals surface area contributed by atoms with Crippen LogP contribution >= 0.6 is 11.3 Å². The molecular formula is C19H26N4O5S. The van der Waals surface area contributed by atoms with E-state index in [0.29, 0.717) is 6.42 Å². The average molecular weight is 423 g/mol. The largest absolute Gasteiger partial charge is 0.464 e. The fraction of sp³-hybridized carbons (Fsp3) is 0.632. The summed E-state index contributed by atoms with van der Waals surface area (Å²) in [5.41, 5.74) is -0.964. The number of nitrogens with zero attached hydrogens (tertiary/aromatic N) is 2. The number of amides is 4. The van der Waals surface area contributed by atoms with Crippen molar-refractivity contribution in [3.63, 3.8) is 0 Å². The Morgan fingerprint density at radius 3 is 2.62 bits per heavy atom. The summed E-state index contributed by atoms with van der Waals surface area (Å²) in [5.74, 6) is -1.24. The average Bonchev–Trinajstić information content (AvgIpc) is 3.22. The van der Waals surface area contributed by atoms with E-state index >= 15 is 0 Å². The molecule has 2 heterocycles. The summed E-state index contributed by atoms with van der Waals surface area (Å²) in [6.07, 6.45) is 5.69. The number of aromatic nitrogens is 1. The van der Waals surface area contributed by atoms with Gasteiger partial charge in [-0.25, -0.2) is 19.5 Å². The van der Waals surface area contributed by atoms with Crippen molar-refractivity contribution in [2.24, 2.45) is 5.92 Å². The van der Waals surface area contributed by atoms with E-state index in [1.165, 1.54) is 18.9 Å². The molecule has 1 aromatic rings. The van der Waals surface area contributed by atoms with Gasteiger partial charge in [-0.3, -0.25) is 9.59 Å². The lowest BCUT2D eigenvalue weighted by atomic mass is 9.84. The molecule has 1 aliphatic carbocycles. The summed E-state index contributed by atoms with van der Waals surface area (Å²) in [6, 6.07) is -1.50. The Kier molecular flexibility index (Phi) is 6.21. The lowest BCUT2D eigenvalue weighted by Crippen LogP contribution is -2.49. The van der Waals surface area contributed by atoms with Gasteiger partial charge in [-0.2, -0.15) is 0 Å². The summed E-state index contributed by atoms with van der Waals surface area (Å²) in [6.45, 7) is 3.23. The van der Waals surface area contributed by atoms with Gasteiger partial charge < -0.3 is 15.4 Å². The highest BCUT2D eigenvalue weighted by molar-refractivity contribution is 7.14. The number of thiazole rings is 1. The molecule has 29 heavy (non-hydrogen) atoms. The Morgan fingerprint density at radius 2 is 2.03 bits per heavy atom. The molecular weight excluding hydrogens is 396 g/mol. The first-order chi connectivity index (χ1) is 13.7. The molecule has 0 spiro atoms. The molecule has 2 N–H and O–H groups in total. The number of hydrogen-bond acceptors (Lipinski definition) is 7. The van der Waals surface area contributed by atoms with Crippen LogP contribution in [0.25, 0.3) is 0 Å². The minimum Gasteiger partial charge on any atom is -0.464 e. The van der Waals surface area contributed by atoms with Gasteiger partial charge in [0.2, 0.25) is 5.91 Å². The van der Waals surface area contributed by atoms with Crippen molar-refractivity contribution in [3.8, 4) is 0 Å². The molecule has 1 saturated carbocycles. The number of rotatable bonds is 6. The number of anilines is 1. The quantitative estimate of drug-likeness (QED) is 0.537. The number of nitrogens with one attached hydrogen (secondary N) is 2. The first-order valence-corrected chi connectivity index (χ1v) is 10.6. The molecule has 2 fully saturated rings. The summed E-state index contributed by atoms with van der Waals surface area (Å²) in [7, 11) is 1.25. The topological polar surface area (TPSA) is 118 Å². The molecule has 9 nitrogen and oxygen atoms in total. The van der Waals surface area contributed by atoms with Crippen molar-refractivity contribution in [2.75, 3.05) is 12.4 Å². The van der Waals surface area contributed by atoms with Crippen molar-refractivity contribution in [1.82, 2.24) is 15.2 Å². The van der Waals surface area contributed by atoms with Crippen molar-refractivity contribution in [2.45, 2.75) is 64.0 Å². The van der Waals surface area contributed by atoms with Crippen molar-refractivity contribution >= 4 is 40.3 Å². The predicted octanol–water partition coefficient (Wildman–Crippen LogP) is 2.54. The van der Waals surface area contributed by atoms with Gasteiger partial charge in [0.25, 0.3) is 5.91 Å². The fourth-order valence-electron chi connectivity index (χ4n) is 3.84. The number of carbonyl (C=O) groups is 4. The van der Waals surface area contributed by atoms with Crippen molar-refractivity contribution < 1.29 is 23.9 Å². The molecule has 0 bridgehead atoms. The van der Waals surface area contributed by atoms with Gasteiger partial charge >= 0.3 is 12.0 Å². The zero-order chi connectivity index (χ0) is 21.2. The lowest BCUT2D eigenvalue weighted by Gasteiger charge is -2.30. The Morgan fingerprint density at radius 1 is 1.34 bits per heavy atom. The van der Waals surface area contributed by atoms with Crippen LogP contribution in [0.4, 0.5) is 9.93 Å². The summed E-state index contributed by atoms with van der Waals surface area (Å²) in [5, 5.41) is 7.00. The Balaban J connectivity index is 1.81. The summed E-state index contributed by atoms with van der Waals surface area (Å²) in [4.78, 5) is 55.1. The zero-order valence-electron chi connectivity index (χ0n) is 16.8. The highest BCUT2D eigenvalue weighted by Crippen LogP contribution is 2.31. The van der Waals surface area contributed by atoms with E-state index in [1.807, 2.05) is 0 Å².